The normalized spacial score (nSPS) is 0.500. The molecule has 1 nitrogen and oxygen atoms in total. The van der Waals surface area contributed by atoms with Crippen molar-refractivity contribution in [1.29, 1.82) is 5.26 Å². The van der Waals surface area contributed by atoms with Crippen molar-refractivity contribution in [3.63, 3.8) is 0 Å². The second-order valence-corrected chi connectivity index (χ2v) is 0. The first-order chi connectivity index (χ1) is 1.00. The van der Waals surface area contributed by atoms with E-state index in [-0.39, 0.29) is 42.3 Å². The fourth-order valence-electron chi connectivity index (χ4n) is 0. The zero-order chi connectivity index (χ0) is 2.00. The van der Waals surface area contributed by atoms with Gasteiger partial charge in [-0.3, -0.25) is 0 Å². The Labute approximate surface area is 54.3 Å². The summed E-state index contributed by atoms with van der Waals surface area (Å²) in [4.78, 5) is 0. The van der Waals surface area contributed by atoms with Gasteiger partial charge in [0, 0.05) is 0 Å². The van der Waals surface area contributed by atoms with Crippen molar-refractivity contribution in [2.45, 2.75) is 0 Å². The molecule has 0 spiro atoms. The average Bonchev–Trinajstić information content (AvgIpc) is 1.00. The van der Waals surface area contributed by atoms with E-state index < -0.39 is 0 Å². The summed E-state index contributed by atoms with van der Waals surface area (Å²) in [5.74, 6) is 0. The van der Waals surface area contributed by atoms with Crippen LogP contribution in [0.15, 0.2) is 0 Å². The van der Waals surface area contributed by atoms with Gasteiger partial charge in [0.15, 0.2) is 0 Å². The van der Waals surface area contributed by atoms with Crippen LogP contribution in [0.3, 0.4) is 0 Å². The Hall–Kier alpha value is 0.555. The fraction of sp³-hybridized carbons (Fsp3) is 0. The molecule has 0 amide bonds. The molecule has 4 heavy (non-hydrogen) atoms. The zero-order valence-corrected chi connectivity index (χ0v) is 4.52. The average molecular weight is 62.8 g/mol. The van der Waals surface area contributed by atoms with Crippen molar-refractivity contribution in [3.8, 4) is 0 Å². The smallest absolute Gasteiger partial charge is 1.00 e. The van der Waals surface area contributed by atoms with E-state index in [0.717, 1.165) is 0 Å². The first kappa shape index (κ1) is 23.8. The number of rotatable bonds is 0. The summed E-state index contributed by atoms with van der Waals surface area (Å²) in [7, 11) is 0. The monoisotopic (exact) mass is 63.0 g/mol. The Morgan fingerprint density at radius 1 is 1.50 bits per heavy atom. The van der Waals surface area contributed by atoms with Gasteiger partial charge in [0.25, 0.3) is 0 Å². The summed E-state index contributed by atoms with van der Waals surface area (Å²) in [6.07, 6.45) is 0. The molecular weight excluding hydrogens is 59.8 g/mol. The van der Waals surface area contributed by atoms with Crippen LogP contribution >= 0.6 is 0 Å². The molecule has 0 radical (unpaired) electrons. The van der Waals surface area contributed by atoms with Crippen molar-refractivity contribution in [2.24, 2.45) is 0 Å². The van der Waals surface area contributed by atoms with Crippen LogP contribution in [0.4, 0.5) is 0 Å². The van der Waals surface area contributed by atoms with E-state index in [4.69, 9.17) is 11.8 Å². The molecular formula is CH3BNNa. The van der Waals surface area contributed by atoms with Gasteiger partial charge in [-0.15, -0.1) is 0 Å². The molecule has 0 unspecified atom stereocenters. The van der Waals surface area contributed by atoms with E-state index in [1.54, 1.807) is 0 Å². The number of hydrogen-bond acceptors (Lipinski definition) is 1. The third kappa shape index (κ3) is 20.1. The Bertz CT molecular complexity index is 19.7. The summed E-state index contributed by atoms with van der Waals surface area (Å²) in [5.41, 5.74) is 0. The maximum atomic E-state index is 6.25. The standard InChI is InChI=1S/CN.B.Na.3H/c1-2;;;;;/q-1;+3;+1;3*-1. The number of nitrogens with zero attached hydrogens (tertiary/aromatic N) is 1. The molecule has 0 bridgehead atoms. The molecule has 16 valence electrons. The van der Waals surface area contributed by atoms with Gasteiger partial charge < -0.3 is 16.1 Å². The summed E-state index contributed by atoms with van der Waals surface area (Å²) in [6, 6.07) is 0. The second-order valence-electron chi connectivity index (χ2n) is 0. The van der Waals surface area contributed by atoms with Crippen LogP contribution in [0.2, 0.25) is 0 Å². The molecule has 0 heterocycles. The van der Waals surface area contributed by atoms with Crippen molar-refractivity contribution in [3.05, 3.63) is 6.57 Å². The van der Waals surface area contributed by atoms with Gasteiger partial charge in [-0.05, 0) is 0 Å². The van der Waals surface area contributed by atoms with Crippen LogP contribution in [0, 0.1) is 11.8 Å². The molecule has 0 aliphatic rings. The van der Waals surface area contributed by atoms with Crippen molar-refractivity contribution >= 4 is 8.41 Å². The minimum Gasteiger partial charge on any atom is -1.00 e. The van der Waals surface area contributed by atoms with Crippen LogP contribution < -0.4 is 29.6 Å². The molecule has 0 N–H and O–H groups in total. The maximum absolute atomic E-state index is 6.25. The molecule has 0 aliphatic heterocycles. The van der Waals surface area contributed by atoms with Gasteiger partial charge in [0.2, 0.25) is 0 Å². The minimum absolute atomic E-state index is 0. The summed E-state index contributed by atoms with van der Waals surface area (Å²) >= 11 is 0. The predicted molar refractivity (Wildman–Crippen MR) is 14.1 cm³/mol. The topological polar surface area (TPSA) is 23.8 Å². The molecule has 0 rings (SSSR count). The zero-order valence-electron chi connectivity index (χ0n) is 5.52. The van der Waals surface area contributed by atoms with Crippen molar-refractivity contribution in [2.75, 3.05) is 0 Å². The van der Waals surface area contributed by atoms with E-state index in [9.17, 15) is 0 Å². The van der Waals surface area contributed by atoms with Gasteiger partial charge in [-0.25, -0.2) is 0 Å². The Morgan fingerprint density at radius 3 is 1.50 bits per heavy atom. The Balaban J connectivity index is -0.000000000500. The molecule has 0 saturated heterocycles. The largest absolute Gasteiger partial charge is 3.00 e. The van der Waals surface area contributed by atoms with E-state index in [2.05, 4.69) is 0 Å². The van der Waals surface area contributed by atoms with Crippen LogP contribution in [0.5, 0.6) is 0 Å². The third-order valence-corrected chi connectivity index (χ3v) is 0. The van der Waals surface area contributed by atoms with E-state index in [1.165, 1.54) is 0 Å². The second kappa shape index (κ2) is 75.4. The molecule has 0 fully saturated rings. The minimum atomic E-state index is 0. The molecule has 0 saturated carbocycles. The Kier molecular flexibility index (Phi) is 449. The summed E-state index contributed by atoms with van der Waals surface area (Å²) in [6.45, 7) is 4.75. The van der Waals surface area contributed by atoms with Gasteiger partial charge in [-0.2, -0.15) is 0 Å². The first-order valence-corrected chi connectivity index (χ1v) is 0.224. The fourth-order valence-corrected chi connectivity index (χ4v) is 0. The quantitative estimate of drug-likeness (QED) is 0.218. The first-order valence-electron chi connectivity index (χ1n) is 0.224. The molecule has 0 aromatic carbocycles. The number of hydrogen-bond donors (Lipinski definition) is 0. The molecule has 3 heteroatoms. The SMILES string of the molecule is [B+3].[C-]#N.[H-].[H-].[H-].[Na+]. The third-order valence-electron chi connectivity index (χ3n) is 0. The summed E-state index contributed by atoms with van der Waals surface area (Å²) in [5, 5.41) is 6.25. The maximum Gasteiger partial charge on any atom is 3.00 e. The molecule has 0 atom stereocenters. The van der Waals surface area contributed by atoms with Crippen LogP contribution in [0.1, 0.15) is 4.28 Å². The van der Waals surface area contributed by atoms with E-state index in [0.29, 0.717) is 0 Å². The van der Waals surface area contributed by atoms with Crippen molar-refractivity contribution in [1.82, 2.24) is 0 Å². The van der Waals surface area contributed by atoms with Crippen molar-refractivity contribution < 1.29 is 33.8 Å². The Morgan fingerprint density at radius 2 is 1.50 bits per heavy atom. The predicted octanol–water partition coefficient (Wildman–Crippen LogP) is -2.94. The summed E-state index contributed by atoms with van der Waals surface area (Å²) < 4.78 is 0. The van der Waals surface area contributed by atoms with Crippen LogP contribution in [-0.2, 0) is 0 Å². The van der Waals surface area contributed by atoms with E-state index >= 15 is 0 Å². The van der Waals surface area contributed by atoms with E-state index in [1.807, 2.05) is 0 Å². The molecule has 0 aliphatic carbocycles. The van der Waals surface area contributed by atoms with Crippen LogP contribution in [0.25, 0.3) is 0 Å². The van der Waals surface area contributed by atoms with Gasteiger partial charge in [0.1, 0.15) is 0 Å². The van der Waals surface area contributed by atoms with Gasteiger partial charge >= 0.3 is 38.0 Å². The molecule has 0 aromatic heterocycles. The molecule has 0 aromatic rings. The van der Waals surface area contributed by atoms with Gasteiger partial charge in [-0.1, -0.05) is 0 Å². The van der Waals surface area contributed by atoms with Crippen LogP contribution in [-0.4, -0.2) is 8.41 Å². The van der Waals surface area contributed by atoms with Gasteiger partial charge in [0.05, 0.1) is 0 Å².